The van der Waals surface area contributed by atoms with E-state index in [4.69, 9.17) is 0 Å². The van der Waals surface area contributed by atoms with Crippen molar-refractivity contribution in [3.05, 3.63) is 132 Å². The van der Waals surface area contributed by atoms with Gasteiger partial charge in [0.1, 0.15) is 12.6 Å². The van der Waals surface area contributed by atoms with Gasteiger partial charge < -0.3 is 10.2 Å². The Morgan fingerprint density at radius 2 is 1.36 bits per heavy atom. The Morgan fingerprint density at radius 3 is 1.98 bits per heavy atom. The Bertz CT molecular complexity index is 1560. The quantitative estimate of drug-likeness (QED) is 0.230. The van der Waals surface area contributed by atoms with Crippen molar-refractivity contribution >= 4 is 27.5 Å². The van der Waals surface area contributed by atoms with E-state index >= 15 is 0 Å². The summed E-state index contributed by atoms with van der Waals surface area (Å²) in [6, 6.07) is 33.0. The smallest absolute Gasteiger partial charge is 0.264 e. The van der Waals surface area contributed by atoms with Crippen LogP contribution in [0.15, 0.2) is 120 Å². The first-order valence-corrected chi connectivity index (χ1v) is 15.5. The van der Waals surface area contributed by atoms with Crippen LogP contribution in [-0.4, -0.2) is 44.3 Å². The van der Waals surface area contributed by atoms with E-state index in [-0.39, 0.29) is 23.8 Å². The van der Waals surface area contributed by atoms with E-state index < -0.39 is 28.5 Å². The maximum atomic E-state index is 14.4. The molecule has 0 saturated carbocycles. The number of nitrogens with zero attached hydrogens (tertiary/aromatic N) is 2. The molecule has 1 unspecified atom stereocenters. The third kappa shape index (κ3) is 7.64. The number of carbonyl (C=O) groups is 2. The molecule has 0 radical (unpaired) electrons. The predicted octanol–water partition coefficient (Wildman–Crippen LogP) is 5.36. The molecule has 0 aliphatic heterocycles. The average molecular weight is 584 g/mol. The maximum Gasteiger partial charge on any atom is 0.264 e. The molecular formula is C34H37N3O4S. The van der Waals surface area contributed by atoms with E-state index in [1.165, 1.54) is 17.0 Å². The zero-order valence-electron chi connectivity index (χ0n) is 24.0. The van der Waals surface area contributed by atoms with Crippen LogP contribution in [0.3, 0.4) is 0 Å². The largest absolute Gasteiger partial charge is 0.354 e. The molecule has 1 N–H and O–H groups in total. The number of hydrogen-bond acceptors (Lipinski definition) is 4. The van der Waals surface area contributed by atoms with E-state index in [0.717, 1.165) is 27.4 Å². The van der Waals surface area contributed by atoms with Crippen molar-refractivity contribution in [3.8, 4) is 0 Å². The fraction of sp³-hybridized carbons (Fsp3) is 0.235. The zero-order valence-corrected chi connectivity index (χ0v) is 24.8. The van der Waals surface area contributed by atoms with Crippen LogP contribution in [0.1, 0.15) is 30.0 Å². The molecule has 4 rings (SSSR count). The lowest BCUT2D eigenvalue weighted by atomic mass is 10.0. The standard InChI is InChI=1S/C34H37N3O4S/c1-3-23-35-34(39)32(24-28-16-7-4-8-17-28)36(25-29-18-14-13-15-27(29)2)33(38)26-37(30-19-9-5-10-20-30)42(40,41)31-21-11-6-12-22-31/h4-22,32H,3,23-26H2,1-2H3,(H,35,39). The minimum absolute atomic E-state index is 0.0774. The van der Waals surface area contributed by atoms with Gasteiger partial charge in [0.05, 0.1) is 10.6 Å². The molecule has 0 aromatic heterocycles. The number of nitrogens with one attached hydrogen (secondary N) is 1. The molecule has 0 heterocycles. The van der Waals surface area contributed by atoms with Gasteiger partial charge in [-0.15, -0.1) is 0 Å². The highest BCUT2D eigenvalue weighted by Gasteiger charge is 2.34. The van der Waals surface area contributed by atoms with Crippen LogP contribution in [0.4, 0.5) is 5.69 Å². The van der Waals surface area contributed by atoms with Crippen LogP contribution in [-0.2, 0) is 32.6 Å². The second-order valence-electron chi connectivity index (χ2n) is 10.1. The molecule has 4 aromatic carbocycles. The Morgan fingerprint density at radius 1 is 0.786 bits per heavy atom. The molecule has 7 nitrogen and oxygen atoms in total. The minimum Gasteiger partial charge on any atom is -0.354 e. The average Bonchev–Trinajstić information content (AvgIpc) is 3.02. The van der Waals surface area contributed by atoms with Crippen LogP contribution in [0, 0.1) is 6.92 Å². The van der Waals surface area contributed by atoms with Gasteiger partial charge in [-0.05, 0) is 54.3 Å². The molecule has 0 aliphatic rings. The molecule has 42 heavy (non-hydrogen) atoms. The number of hydrogen-bond donors (Lipinski definition) is 1. The van der Waals surface area contributed by atoms with E-state index in [1.807, 2.05) is 68.4 Å². The van der Waals surface area contributed by atoms with Gasteiger partial charge in [0, 0.05) is 19.5 Å². The van der Waals surface area contributed by atoms with Gasteiger partial charge in [-0.25, -0.2) is 8.42 Å². The van der Waals surface area contributed by atoms with Gasteiger partial charge in [-0.3, -0.25) is 13.9 Å². The third-order valence-corrected chi connectivity index (χ3v) is 8.86. The Kier molecular flexibility index (Phi) is 10.5. The summed E-state index contributed by atoms with van der Waals surface area (Å²) in [4.78, 5) is 29.6. The molecular weight excluding hydrogens is 546 g/mol. The topological polar surface area (TPSA) is 86.8 Å². The number of aryl methyl sites for hydroxylation is 1. The van der Waals surface area contributed by atoms with Crippen molar-refractivity contribution in [3.63, 3.8) is 0 Å². The van der Waals surface area contributed by atoms with Gasteiger partial charge in [0.2, 0.25) is 11.8 Å². The number of benzene rings is 4. The van der Waals surface area contributed by atoms with Gasteiger partial charge in [-0.2, -0.15) is 0 Å². The van der Waals surface area contributed by atoms with Crippen molar-refractivity contribution in [2.45, 2.75) is 44.2 Å². The minimum atomic E-state index is -4.10. The van der Waals surface area contributed by atoms with E-state index in [1.54, 1.807) is 48.5 Å². The normalized spacial score (nSPS) is 11.9. The van der Waals surface area contributed by atoms with E-state index in [9.17, 15) is 18.0 Å². The predicted molar refractivity (Wildman–Crippen MR) is 166 cm³/mol. The molecule has 218 valence electrons. The van der Waals surface area contributed by atoms with Crippen LogP contribution in [0.2, 0.25) is 0 Å². The van der Waals surface area contributed by atoms with Crippen LogP contribution in [0.5, 0.6) is 0 Å². The second-order valence-corrected chi connectivity index (χ2v) is 12.0. The number of anilines is 1. The molecule has 0 spiro atoms. The number of carbonyl (C=O) groups excluding carboxylic acids is 2. The maximum absolute atomic E-state index is 14.4. The lowest BCUT2D eigenvalue weighted by molar-refractivity contribution is -0.140. The number of amides is 2. The first-order chi connectivity index (χ1) is 20.3. The zero-order chi connectivity index (χ0) is 30.0. The molecule has 4 aromatic rings. The summed E-state index contributed by atoms with van der Waals surface area (Å²) in [5, 5.41) is 2.96. The summed E-state index contributed by atoms with van der Waals surface area (Å²) < 4.78 is 29.0. The van der Waals surface area contributed by atoms with Gasteiger partial charge in [0.15, 0.2) is 0 Å². The second kappa shape index (κ2) is 14.5. The van der Waals surface area contributed by atoms with Gasteiger partial charge in [-0.1, -0.05) is 97.9 Å². The summed E-state index contributed by atoms with van der Waals surface area (Å²) >= 11 is 0. The summed E-state index contributed by atoms with van der Waals surface area (Å²) in [7, 11) is -4.10. The van der Waals surface area contributed by atoms with Crippen molar-refractivity contribution in [2.24, 2.45) is 0 Å². The van der Waals surface area contributed by atoms with Gasteiger partial charge in [0.25, 0.3) is 10.0 Å². The summed E-state index contributed by atoms with van der Waals surface area (Å²) in [6.07, 6.45) is 1.03. The fourth-order valence-electron chi connectivity index (χ4n) is 4.73. The molecule has 2 amide bonds. The van der Waals surface area contributed by atoms with Crippen molar-refractivity contribution in [1.29, 1.82) is 0 Å². The highest BCUT2D eigenvalue weighted by Crippen LogP contribution is 2.25. The lowest BCUT2D eigenvalue weighted by Gasteiger charge is -2.34. The summed E-state index contributed by atoms with van der Waals surface area (Å²) in [6.45, 7) is 4.07. The molecule has 1 atom stereocenters. The SMILES string of the molecule is CCCNC(=O)C(Cc1ccccc1)N(Cc1ccccc1C)C(=O)CN(c1ccccc1)S(=O)(=O)c1ccccc1. The van der Waals surface area contributed by atoms with Crippen LogP contribution < -0.4 is 9.62 Å². The monoisotopic (exact) mass is 583 g/mol. The lowest BCUT2D eigenvalue weighted by Crippen LogP contribution is -2.53. The highest BCUT2D eigenvalue weighted by atomic mass is 32.2. The molecule has 8 heteroatoms. The molecule has 0 aliphatic carbocycles. The Labute approximate surface area is 248 Å². The number of sulfonamides is 1. The van der Waals surface area contributed by atoms with Crippen molar-refractivity contribution in [2.75, 3.05) is 17.4 Å². The molecule has 0 fully saturated rings. The number of rotatable bonds is 13. The first kappa shape index (κ1) is 30.5. The highest BCUT2D eigenvalue weighted by molar-refractivity contribution is 7.92. The number of para-hydroxylation sites is 1. The van der Waals surface area contributed by atoms with Gasteiger partial charge >= 0.3 is 0 Å². The first-order valence-electron chi connectivity index (χ1n) is 14.1. The molecule has 0 saturated heterocycles. The van der Waals surface area contributed by atoms with Crippen LogP contribution >= 0.6 is 0 Å². The van der Waals surface area contributed by atoms with E-state index in [2.05, 4.69) is 5.32 Å². The fourth-order valence-corrected chi connectivity index (χ4v) is 6.17. The Hall–Kier alpha value is -4.43. The van der Waals surface area contributed by atoms with Crippen LogP contribution in [0.25, 0.3) is 0 Å². The van der Waals surface area contributed by atoms with E-state index in [0.29, 0.717) is 12.2 Å². The molecule has 0 bridgehead atoms. The summed E-state index contributed by atoms with van der Waals surface area (Å²) in [5.41, 5.74) is 3.11. The Balaban J connectivity index is 1.78. The summed E-state index contributed by atoms with van der Waals surface area (Å²) in [5.74, 6) is -0.756. The third-order valence-electron chi connectivity index (χ3n) is 7.08. The van der Waals surface area contributed by atoms with Crippen molar-refractivity contribution < 1.29 is 18.0 Å². The van der Waals surface area contributed by atoms with Crippen molar-refractivity contribution in [1.82, 2.24) is 10.2 Å².